The number of methoxy groups -OCH3 is 1. The van der Waals surface area contributed by atoms with Gasteiger partial charge >= 0.3 is 5.97 Å². The van der Waals surface area contributed by atoms with Crippen LogP contribution in [0.25, 0.3) is 0 Å². The third-order valence-electron chi connectivity index (χ3n) is 1.72. The first-order chi connectivity index (χ1) is 7.10. The lowest BCUT2D eigenvalue weighted by atomic mass is 10.2. The van der Waals surface area contributed by atoms with Crippen LogP contribution in [-0.2, 0) is 4.74 Å². The highest BCUT2D eigenvalue weighted by atomic mass is 79.9. The van der Waals surface area contributed by atoms with Crippen LogP contribution in [0.4, 0.5) is 4.39 Å². The van der Waals surface area contributed by atoms with Crippen molar-refractivity contribution in [3.05, 3.63) is 28.0 Å². The zero-order chi connectivity index (χ0) is 11.4. The maximum Gasteiger partial charge on any atom is 0.341 e. The summed E-state index contributed by atoms with van der Waals surface area (Å²) in [6, 6.07) is 2.80. The molecule has 1 rings (SSSR count). The summed E-state index contributed by atoms with van der Waals surface area (Å²) in [5, 5.41) is 0. The summed E-state index contributed by atoms with van der Waals surface area (Å²) in [6.07, 6.45) is 0. The lowest BCUT2D eigenvalue weighted by Crippen LogP contribution is -2.08. The largest absolute Gasteiger partial charge is 0.494 e. The minimum Gasteiger partial charge on any atom is -0.494 e. The van der Waals surface area contributed by atoms with E-state index in [1.54, 1.807) is 6.92 Å². The molecular formula is C10H10BrFO3. The van der Waals surface area contributed by atoms with Gasteiger partial charge in [-0.1, -0.05) is 15.9 Å². The number of hydrogen-bond acceptors (Lipinski definition) is 3. The van der Waals surface area contributed by atoms with E-state index in [-0.39, 0.29) is 17.9 Å². The van der Waals surface area contributed by atoms with Crippen molar-refractivity contribution in [3.63, 3.8) is 0 Å². The van der Waals surface area contributed by atoms with Crippen LogP contribution in [0.15, 0.2) is 16.6 Å². The van der Waals surface area contributed by atoms with Crippen LogP contribution in [0, 0.1) is 5.82 Å². The Morgan fingerprint density at radius 2 is 2.20 bits per heavy atom. The van der Waals surface area contributed by atoms with E-state index in [2.05, 4.69) is 15.9 Å². The second-order valence-corrected chi connectivity index (χ2v) is 3.61. The van der Waals surface area contributed by atoms with Gasteiger partial charge in [0.1, 0.15) is 5.56 Å². The summed E-state index contributed by atoms with van der Waals surface area (Å²) >= 11 is 3.15. The van der Waals surface area contributed by atoms with Crippen LogP contribution < -0.4 is 4.74 Å². The molecule has 15 heavy (non-hydrogen) atoms. The number of halogens is 2. The van der Waals surface area contributed by atoms with Gasteiger partial charge in [-0.05, 0) is 19.1 Å². The van der Waals surface area contributed by atoms with Crippen LogP contribution in [-0.4, -0.2) is 19.7 Å². The number of esters is 1. The van der Waals surface area contributed by atoms with Gasteiger partial charge in [0.25, 0.3) is 0 Å². The molecule has 0 bridgehead atoms. The van der Waals surface area contributed by atoms with Gasteiger partial charge < -0.3 is 9.47 Å². The monoisotopic (exact) mass is 276 g/mol. The van der Waals surface area contributed by atoms with E-state index < -0.39 is 11.8 Å². The normalized spacial score (nSPS) is 9.87. The fourth-order valence-corrected chi connectivity index (χ4v) is 1.51. The molecule has 0 aromatic heterocycles. The Hall–Kier alpha value is -1.10. The Bertz CT molecular complexity index is 379. The Kier molecular flexibility index (Phi) is 4.08. The number of benzene rings is 1. The number of rotatable bonds is 3. The molecule has 82 valence electrons. The fourth-order valence-electron chi connectivity index (χ4n) is 1.07. The first-order valence-corrected chi connectivity index (χ1v) is 5.09. The van der Waals surface area contributed by atoms with Crippen molar-refractivity contribution >= 4 is 21.9 Å². The molecule has 0 amide bonds. The van der Waals surface area contributed by atoms with Gasteiger partial charge in [0.15, 0.2) is 11.6 Å². The van der Waals surface area contributed by atoms with Gasteiger partial charge in [-0.15, -0.1) is 0 Å². The van der Waals surface area contributed by atoms with Gasteiger partial charge in [-0.3, -0.25) is 0 Å². The third kappa shape index (κ3) is 2.68. The van der Waals surface area contributed by atoms with E-state index in [1.165, 1.54) is 19.2 Å². The van der Waals surface area contributed by atoms with Crippen LogP contribution >= 0.6 is 15.9 Å². The first kappa shape index (κ1) is 12.0. The van der Waals surface area contributed by atoms with Crippen molar-refractivity contribution in [2.75, 3.05) is 13.7 Å². The molecule has 1 aromatic rings. The Morgan fingerprint density at radius 3 is 2.73 bits per heavy atom. The average molecular weight is 277 g/mol. The Labute approximate surface area is 95.3 Å². The highest BCUT2D eigenvalue weighted by molar-refractivity contribution is 9.10. The van der Waals surface area contributed by atoms with Crippen molar-refractivity contribution < 1.29 is 18.7 Å². The Balaban J connectivity index is 3.17. The van der Waals surface area contributed by atoms with Crippen molar-refractivity contribution in [1.29, 1.82) is 0 Å². The van der Waals surface area contributed by atoms with E-state index in [0.29, 0.717) is 4.47 Å². The minimum atomic E-state index is -0.709. The average Bonchev–Trinajstić information content (AvgIpc) is 2.21. The molecular weight excluding hydrogens is 267 g/mol. The third-order valence-corrected chi connectivity index (χ3v) is 2.18. The lowest BCUT2D eigenvalue weighted by Gasteiger charge is -2.07. The summed E-state index contributed by atoms with van der Waals surface area (Å²) in [4.78, 5) is 11.3. The van der Waals surface area contributed by atoms with Crippen molar-refractivity contribution in [2.24, 2.45) is 0 Å². The second kappa shape index (κ2) is 5.11. The lowest BCUT2D eigenvalue weighted by molar-refractivity contribution is 0.0520. The van der Waals surface area contributed by atoms with E-state index in [0.717, 1.165) is 0 Å². The smallest absolute Gasteiger partial charge is 0.341 e. The second-order valence-electron chi connectivity index (χ2n) is 2.69. The summed E-state index contributed by atoms with van der Waals surface area (Å²) < 4.78 is 23.6. The zero-order valence-corrected chi connectivity index (χ0v) is 9.93. The maximum absolute atomic E-state index is 13.6. The summed E-state index contributed by atoms with van der Waals surface area (Å²) in [5.41, 5.74) is -0.136. The SMILES string of the molecule is CCOC(=O)c1cc(Br)cc(OC)c1F. The topological polar surface area (TPSA) is 35.5 Å². The molecule has 0 aliphatic rings. The van der Waals surface area contributed by atoms with E-state index in [1.807, 2.05) is 0 Å². The maximum atomic E-state index is 13.6. The molecule has 0 unspecified atom stereocenters. The van der Waals surface area contributed by atoms with Gasteiger partial charge in [-0.2, -0.15) is 0 Å². The summed E-state index contributed by atoms with van der Waals surface area (Å²) in [6.45, 7) is 1.86. The van der Waals surface area contributed by atoms with E-state index >= 15 is 0 Å². The highest BCUT2D eigenvalue weighted by Crippen LogP contribution is 2.26. The zero-order valence-electron chi connectivity index (χ0n) is 8.34. The summed E-state index contributed by atoms with van der Waals surface area (Å²) in [7, 11) is 1.33. The standard InChI is InChI=1S/C10H10BrFO3/c1-3-15-10(13)7-4-6(11)5-8(14-2)9(7)12/h4-5H,3H2,1-2H3. The van der Waals surface area contributed by atoms with Crippen molar-refractivity contribution in [2.45, 2.75) is 6.92 Å². The van der Waals surface area contributed by atoms with Crippen molar-refractivity contribution in [1.82, 2.24) is 0 Å². The molecule has 0 atom stereocenters. The molecule has 0 saturated carbocycles. The number of hydrogen-bond donors (Lipinski definition) is 0. The molecule has 0 radical (unpaired) electrons. The van der Waals surface area contributed by atoms with Crippen LogP contribution in [0.1, 0.15) is 17.3 Å². The first-order valence-electron chi connectivity index (χ1n) is 4.30. The van der Waals surface area contributed by atoms with Crippen LogP contribution in [0.5, 0.6) is 5.75 Å². The number of carbonyl (C=O) groups is 1. The molecule has 0 saturated heterocycles. The number of ether oxygens (including phenoxy) is 2. The molecule has 0 aliphatic heterocycles. The fraction of sp³-hybridized carbons (Fsp3) is 0.300. The molecule has 0 aliphatic carbocycles. The predicted octanol–water partition coefficient (Wildman–Crippen LogP) is 2.77. The molecule has 0 N–H and O–H groups in total. The molecule has 0 heterocycles. The number of carbonyl (C=O) groups excluding carboxylic acids is 1. The molecule has 1 aromatic carbocycles. The van der Waals surface area contributed by atoms with Gasteiger partial charge in [0.2, 0.25) is 0 Å². The van der Waals surface area contributed by atoms with Crippen LogP contribution in [0.3, 0.4) is 0 Å². The molecule has 3 nitrogen and oxygen atoms in total. The Morgan fingerprint density at radius 1 is 1.53 bits per heavy atom. The molecule has 5 heteroatoms. The van der Waals surface area contributed by atoms with Gasteiger partial charge in [-0.25, -0.2) is 9.18 Å². The minimum absolute atomic E-state index is 0.00688. The van der Waals surface area contributed by atoms with Gasteiger partial charge in [0.05, 0.1) is 13.7 Å². The van der Waals surface area contributed by atoms with Crippen LogP contribution in [0.2, 0.25) is 0 Å². The van der Waals surface area contributed by atoms with E-state index in [4.69, 9.17) is 9.47 Å². The highest BCUT2D eigenvalue weighted by Gasteiger charge is 2.17. The van der Waals surface area contributed by atoms with Gasteiger partial charge in [0, 0.05) is 4.47 Å². The summed E-state index contributed by atoms with van der Waals surface area (Å²) in [5.74, 6) is -1.40. The quantitative estimate of drug-likeness (QED) is 0.797. The van der Waals surface area contributed by atoms with E-state index in [9.17, 15) is 9.18 Å². The molecule has 0 fully saturated rings. The predicted molar refractivity (Wildman–Crippen MR) is 56.6 cm³/mol. The van der Waals surface area contributed by atoms with Crippen molar-refractivity contribution in [3.8, 4) is 5.75 Å². The molecule has 0 spiro atoms.